The van der Waals surface area contributed by atoms with Gasteiger partial charge in [0.1, 0.15) is 0 Å². The average Bonchev–Trinajstić information content (AvgIpc) is 2.46. The van der Waals surface area contributed by atoms with Gasteiger partial charge < -0.3 is 14.4 Å². The number of alkyl halides is 1. The quantitative estimate of drug-likeness (QED) is 0.742. The molecule has 0 aromatic carbocycles. The van der Waals surface area contributed by atoms with Crippen LogP contribution in [0.25, 0.3) is 0 Å². The van der Waals surface area contributed by atoms with E-state index in [4.69, 9.17) is 9.47 Å². The highest BCUT2D eigenvalue weighted by atomic mass is 79.9. The second-order valence-electron chi connectivity index (χ2n) is 5.00. The third-order valence-corrected chi connectivity index (χ3v) is 4.02. The standard InChI is InChI=1S/C13H22BrNO3/c14-5-9-18-12-3-6-15(7-4-12)13(16)11-2-1-8-17-10-11/h11-12H,1-10H2. The fourth-order valence-electron chi connectivity index (χ4n) is 2.65. The van der Waals surface area contributed by atoms with Crippen molar-refractivity contribution >= 4 is 21.8 Å². The highest BCUT2D eigenvalue weighted by Gasteiger charge is 2.29. The lowest BCUT2D eigenvalue weighted by Crippen LogP contribution is -2.45. The molecule has 0 aliphatic carbocycles. The number of halogens is 1. The van der Waals surface area contributed by atoms with E-state index in [1.54, 1.807) is 0 Å². The predicted molar refractivity (Wildman–Crippen MR) is 72.9 cm³/mol. The first-order valence-electron chi connectivity index (χ1n) is 6.85. The SMILES string of the molecule is O=C(C1CCCOC1)N1CCC(OCCBr)CC1. The van der Waals surface area contributed by atoms with Crippen LogP contribution in [0.4, 0.5) is 0 Å². The van der Waals surface area contributed by atoms with Crippen LogP contribution >= 0.6 is 15.9 Å². The van der Waals surface area contributed by atoms with Crippen LogP contribution in [0.5, 0.6) is 0 Å². The second kappa shape index (κ2) is 7.46. The van der Waals surface area contributed by atoms with E-state index in [-0.39, 0.29) is 11.8 Å². The van der Waals surface area contributed by atoms with Crippen LogP contribution < -0.4 is 0 Å². The maximum Gasteiger partial charge on any atom is 0.228 e. The summed E-state index contributed by atoms with van der Waals surface area (Å²) in [6.45, 7) is 3.85. The van der Waals surface area contributed by atoms with Crippen molar-refractivity contribution < 1.29 is 14.3 Å². The molecule has 0 saturated carbocycles. The van der Waals surface area contributed by atoms with E-state index < -0.39 is 0 Å². The number of ether oxygens (including phenoxy) is 2. The Morgan fingerprint density at radius 1 is 1.33 bits per heavy atom. The summed E-state index contributed by atoms with van der Waals surface area (Å²) in [6.07, 6.45) is 4.26. The van der Waals surface area contributed by atoms with Crippen LogP contribution in [0.2, 0.25) is 0 Å². The first-order valence-corrected chi connectivity index (χ1v) is 7.97. The Morgan fingerprint density at radius 3 is 2.72 bits per heavy atom. The number of likely N-dealkylation sites (tertiary alicyclic amines) is 1. The van der Waals surface area contributed by atoms with Crippen molar-refractivity contribution in [3.8, 4) is 0 Å². The summed E-state index contributed by atoms with van der Waals surface area (Å²) >= 11 is 3.36. The molecule has 1 atom stereocenters. The third kappa shape index (κ3) is 3.93. The second-order valence-corrected chi connectivity index (χ2v) is 5.79. The minimum atomic E-state index is 0.0961. The van der Waals surface area contributed by atoms with Crippen molar-refractivity contribution in [2.75, 3.05) is 38.2 Å². The van der Waals surface area contributed by atoms with Crippen molar-refractivity contribution in [1.82, 2.24) is 4.90 Å². The first-order chi connectivity index (χ1) is 8.81. The molecule has 0 aromatic heterocycles. The number of carbonyl (C=O) groups excluding carboxylic acids is 1. The van der Waals surface area contributed by atoms with Crippen LogP contribution in [0.15, 0.2) is 0 Å². The Kier molecular flexibility index (Phi) is 5.92. The van der Waals surface area contributed by atoms with Gasteiger partial charge in [0.15, 0.2) is 0 Å². The number of rotatable bonds is 4. The average molecular weight is 320 g/mol. The lowest BCUT2D eigenvalue weighted by atomic mass is 9.98. The van der Waals surface area contributed by atoms with Crippen molar-refractivity contribution in [3.63, 3.8) is 0 Å². The predicted octanol–water partition coefficient (Wildman–Crippen LogP) is 1.82. The number of hydrogen-bond donors (Lipinski definition) is 0. The molecule has 2 saturated heterocycles. The van der Waals surface area contributed by atoms with Crippen molar-refractivity contribution in [3.05, 3.63) is 0 Å². The lowest BCUT2D eigenvalue weighted by Gasteiger charge is -2.35. The van der Waals surface area contributed by atoms with Crippen LogP contribution in [0.1, 0.15) is 25.7 Å². The summed E-state index contributed by atoms with van der Waals surface area (Å²) in [5.41, 5.74) is 0. The number of amides is 1. The van der Waals surface area contributed by atoms with Crippen LogP contribution in [0, 0.1) is 5.92 Å². The molecule has 1 amide bonds. The molecule has 0 bridgehead atoms. The van der Waals surface area contributed by atoms with Gasteiger partial charge in [0, 0.05) is 25.0 Å². The van der Waals surface area contributed by atoms with E-state index in [1.807, 2.05) is 4.90 Å². The molecule has 0 spiro atoms. The van der Waals surface area contributed by atoms with Gasteiger partial charge in [-0.05, 0) is 25.7 Å². The van der Waals surface area contributed by atoms with Gasteiger partial charge in [-0.15, -0.1) is 0 Å². The van der Waals surface area contributed by atoms with E-state index in [0.717, 1.165) is 57.3 Å². The fraction of sp³-hybridized carbons (Fsp3) is 0.923. The van der Waals surface area contributed by atoms with E-state index in [0.29, 0.717) is 12.7 Å². The fourth-order valence-corrected chi connectivity index (χ4v) is 2.83. The monoisotopic (exact) mass is 319 g/mol. The van der Waals surface area contributed by atoms with E-state index in [1.165, 1.54) is 0 Å². The Bertz CT molecular complexity index is 261. The molecule has 5 heteroatoms. The molecule has 1 unspecified atom stereocenters. The van der Waals surface area contributed by atoms with Gasteiger partial charge in [-0.1, -0.05) is 15.9 Å². The summed E-state index contributed by atoms with van der Waals surface area (Å²) in [7, 11) is 0. The molecule has 104 valence electrons. The van der Waals surface area contributed by atoms with E-state index in [9.17, 15) is 4.79 Å². The van der Waals surface area contributed by atoms with Gasteiger partial charge in [0.05, 0.1) is 25.2 Å². The normalized spacial score (nSPS) is 26.3. The number of piperidine rings is 1. The summed E-state index contributed by atoms with van der Waals surface area (Å²) in [4.78, 5) is 14.3. The molecule has 2 rings (SSSR count). The first kappa shape index (κ1) is 14.3. The maximum absolute atomic E-state index is 12.3. The topological polar surface area (TPSA) is 38.8 Å². The largest absolute Gasteiger partial charge is 0.381 e. The number of carbonyl (C=O) groups is 1. The Hall–Kier alpha value is -0.130. The molecule has 2 aliphatic rings. The number of nitrogens with zero attached hydrogens (tertiary/aromatic N) is 1. The highest BCUT2D eigenvalue weighted by molar-refractivity contribution is 9.09. The van der Waals surface area contributed by atoms with Crippen LogP contribution in [-0.2, 0) is 14.3 Å². The summed E-state index contributed by atoms with van der Waals surface area (Å²) in [5.74, 6) is 0.382. The zero-order chi connectivity index (χ0) is 12.8. The molecule has 2 aliphatic heterocycles. The molecular weight excluding hydrogens is 298 g/mol. The molecule has 0 N–H and O–H groups in total. The van der Waals surface area contributed by atoms with Crippen LogP contribution in [-0.4, -0.2) is 55.2 Å². The Labute approximate surface area is 117 Å². The molecular formula is C13H22BrNO3. The van der Waals surface area contributed by atoms with E-state index in [2.05, 4.69) is 15.9 Å². The zero-order valence-electron chi connectivity index (χ0n) is 10.8. The Morgan fingerprint density at radius 2 is 2.11 bits per heavy atom. The molecule has 2 fully saturated rings. The smallest absolute Gasteiger partial charge is 0.228 e. The molecule has 18 heavy (non-hydrogen) atoms. The molecule has 2 heterocycles. The van der Waals surface area contributed by atoms with Crippen molar-refractivity contribution in [2.45, 2.75) is 31.8 Å². The summed E-state index contributed by atoms with van der Waals surface area (Å²) in [6, 6.07) is 0. The summed E-state index contributed by atoms with van der Waals surface area (Å²) in [5, 5.41) is 0.881. The zero-order valence-corrected chi connectivity index (χ0v) is 12.4. The van der Waals surface area contributed by atoms with Crippen molar-refractivity contribution in [2.24, 2.45) is 5.92 Å². The van der Waals surface area contributed by atoms with Crippen LogP contribution in [0.3, 0.4) is 0 Å². The maximum atomic E-state index is 12.3. The van der Waals surface area contributed by atoms with Gasteiger partial charge in [0.25, 0.3) is 0 Å². The van der Waals surface area contributed by atoms with Gasteiger partial charge in [-0.3, -0.25) is 4.79 Å². The van der Waals surface area contributed by atoms with Gasteiger partial charge >= 0.3 is 0 Å². The van der Waals surface area contributed by atoms with Crippen molar-refractivity contribution in [1.29, 1.82) is 0 Å². The lowest BCUT2D eigenvalue weighted by molar-refractivity contribution is -0.142. The minimum absolute atomic E-state index is 0.0961. The van der Waals surface area contributed by atoms with E-state index >= 15 is 0 Å². The van der Waals surface area contributed by atoms with Gasteiger partial charge in [-0.25, -0.2) is 0 Å². The minimum Gasteiger partial charge on any atom is -0.381 e. The molecule has 4 nitrogen and oxygen atoms in total. The highest BCUT2D eigenvalue weighted by Crippen LogP contribution is 2.20. The van der Waals surface area contributed by atoms with Gasteiger partial charge in [0.2, 0.25) is 5.91 Å². The Balaban J connectivity index is 1.73. The van der Waals surface area contributed by atoms with Gasteiger partial charge in [-0.2, -0.15) is 0 Å². The summed E-state index contributed by atoms with van der Waals surface area (Å²) < 4.78 is 11.1. The molecule has 0 aromatic rings. The number of hydrogen-bond acceptors (Lipinski definition) is 3. The molecule has 0 radical (unpaired) electrons. The third-order valence-electron chi connectivity index (χ3n) is 3.69.